The quantitative estimate of drug-likeness (QED) is 0.885. The molecule has 22 heavy (non-hydrogen) atoms. The summed E-state index contributed by atoms with van der Waals surface area (Å²) in [7, 11) is 0. The maximum atomic E-state index is 12.0. The molecule has 6 nitrogen and oxygen atoms in total. The van der Waals surface area contributed by atoms with Crippen LogP contribution in [0.3, 0.4) is 0 Å². The Morgan fingerprint density at radius 2 is 2.32 bits per heavy atom. The molecule has 1 aromatic carbocycles. The number of hydrogen-bond acceptors (Lipinski definition) is 5. The van der Waals surface area contributed by atoms with Gasteiger partial charge in [-0.1, -0.05) is 12.1 Å². The average Bonchev–Trinajstić information content (AvgIpc) is 3.09. The number of carbonyl (C=O) groups is 1. The minimum atomic E-state index is -0.318. The highest BCUT2D eigenvalue weighted by molar-refractivity contribution is 5.94. The average molecular weight is 298 g/mol. The lowest BCUT2D eigenvalue weighted by Crippen LogP contribution is -2.26. The van der Waals surface area contributed by atoms with Gasteiger partial charge in [-0.15, -0.1) is 0 Å². The molecule has 6 heteroatoms. The van der Waals surface area contributed by atoms with Gasteiger partial charge in [-0.25, -0.2) is 4.98 Å². The van der Waals surface area contributed by atoms with Crippen LogP contribution in [0.1, 0.15) is 18.4 Å². The molecular weight excluding hydrogens is 280 g/mol. The summed E-state index contributed by atoms with van der Waals surface area (Å²) in [6.45, 7) is 1.28. The first-order valence-corrected chi connectivity index (χ1v) is 7.32. The van der Waals surface area contributed by atoms with Gasteiger partial charge in [0.25, 0.3) is 5.91 Å². The van der Waals surface area contributed by atoms with E-state index in [0.29, 0.717) is 13.2 Å². The molecular formula is C16H18N4O2. The SMILES string of the molecule is O=C(Nc1cccc(CNc2cnccn2)c1)C1CCCO1. The van der Waals surface area contributed by atoms with Crippen molar-refractivity contribution < 1.29 is 9.53 Å². The molecule has 2 N–H and O–H groups in total. The number of benzene rings is 1. The highest BCUT2D eigenvalue weighted by Gasteiger charge is 2.23. The van der Waals surface area contributed by atoms with Crippen LogP contribution in [0.15, 0.2) is 42.9 Å². The van der Waals surface area contributed by atoms with Crippen molar-refractivity contribution in [2.75, 3.05) is 17.2 Å². The third kappa shape index (κ3) is 3.79. The Kier molecular flexibility index (Phi) is 4.60. The Morgan fingerprint density at radius 3 is 3.09 bits per heavy atom. The first kappa shape index (κ1) is 14.5. The normalized spacial score (nSPS) is 17.2. The van der Waals surface area contributed by atoms with Gasteiger partial charge >= 0.3 is 0 Å². The Morgan fingerprint density at radius 1 is 1.36 bits per heavy atom. The fraction of sp³-hybridized carbons (Fsp3) is 0.312. The number of carbonyl (C=O) groups excluding carboxylic acids is 1. The third-order valence-electron chi connectivity index (χ3n) is 3.45. The smallest absolute Gasteiger partial charge is 0.253 e. The lowest BCUT2D eigenvalue weighted by atomic mass is 10.2. The van der Waals surface area contributed by atoms with Crippen molar-refractivity contribution in [2.45, 2.75) is 25.5 Å². The zero-order chi connectivity index (χ0) is 15.2. The van der Waals surface area contributed by atoms with Crippen LogP contribution in [-0.2, 0) is 16.1 Å². The van der Waals surface area contributed by atoms with E-state index in [9.17, 15) is 4.79 Å². The van der Waals surface area contributed by atoms with Gasteiger partial charge in [0.15, 0.2) is 0 Å². The van der Waals surface area contributed by atoms with Gasteiger partial charge in [0.1, 0.15) is 11.9 Å². The van der Waals surface area contributed by atoms with Gasteiger partial charge in [0.05, 0.1) is 6.20 Å². The summed E-state index contributed by atoms with van der Waals surface area (Å²) in [5.41, 5.74) is 1.83. The number of nitrogens with zero attached hydrogens (tertiary/aromatic N) is 2. The number of anilines is 2. The number of amides is 1. The van der Waals surface area contributed by atoms with Crippen molar-refractivity contribution in [2.24, 2.45) is 0 Å². The summed E-state index contributed by atoms with van der Waals surface area (Å²) in [4.78, 5) is 20.2. The molecule has 0 aliphatic carbocycles. The lowest BCUT2D eigenvalue weighted by molar-refractivity contribution is -0.124. The van der Waals surface area contributed by atoms with Crippen LogP contribution in [0.2, 0.25) is 0 Å². The van der Waals surface area contributed by atoms with Gasteiger partial charge in [-0.05, 0) is 30.5 Å². The molecule has 1 unspecified atom stereocenters. The van der Waals surface area contributed by atoms with Crippen molar-refractivity contribution in [1.82, 2.24) is 9.97 Å². The number of ether oxygens (including phenoxy) is 1. The second-order valence-electron chi connectivity index (χ2n) is 5.14. The predicted molar refractivity (Wildman–Crippen MR) is 83.4 cm³/mol. The molecule has 0 spiro atoms. The molecule has 1 saturated heterocycles. The summed E-state index contributed by atoms with van der Waals surface area (Å²) < 4.78 is 5.38. The molecule has 1 aliphatic heterocycles. The molecule has 0 radical (unpaired) electrons. The first-order chi connectivity index (χ1) is 10.8. The van der Waals surface area contributed by atoms with Crippen molar-refractivity contribution >= 4 is 17.4 Å². The summed E-state index contributed by atoms with van der Waals surface area (Å²) >= 11 is 0. The van der Waals surface area contributed by atoms with E-state index in [1.54, 1.807) is 18.6 Å². The number of rotatable bonds is 5. The predicted octanol–water partition coefficient (Wildman–Crippen LogP) is 2.21. The Bertz CT molecular complexity index is 627. The zero-order valence-corrected chi connectivity index (χ0v) is 12.2. The molecule has 1 aliphatic rings. The lowest BCUT2D eigenvalue weighted by Gasteiger charge is -2.11. The maximum absolute atomic E-state index is 12.0. The molecule has 1 aromatic heterocycles. The van der Waals surface area contributed by atoms with E-state index in [2.05, 4.69) is 20.6 Å². The molecule has 0 bridgehead atoms. The largest absolute Gasteiger partial charge is 0.368 e. The van der Waals surface area contributed by atoms with Crippen molar-refractivity contribution in [3.05, 3.63) is 48.4 Å². The summed E-state index contributed by atoms with van der Waals surface area (Å²) in [6, 6.07) is 7.72. The summed E-state index contributed by atoms with van der Waals surface area (Å²) in [5, 5.41) is 6.09. The van der Waals surface area contributed by atoms with Crippen LogP contribution in [0.5, 0.6) is 0 Å². The molecule has 1 amide bonds. The van der Waals surface area contributed by atoms with E-state index >= 15 is 0 Å². The standard InChI is InChI=1S/C16H18N4O2/c21-16(14-5-2-8-22-14)20-13-4-1-3-12(9-13)10-19-15-11-17-6-7-18-15/h1,3-4,6-7,9,11,14H,2,5,8,10H2,(H,18,19)(H,20,21). The van der Waals surface area contributed by atoms with E-state index in [1.807, 2.05) is 24.3 Å². The van der Waals surface area contributed by atoms with Crippen LogP contribution < -0.4 is 10.6 Å². The topological polar surface area (TPSA) is 76.1 Å². The number of nitrogens with one attached hydrogen (secondary N) is 2. The molecule has 0 saturated carbocycles. The fourth-order valence-corrected chi connectivity index (χ4v) is 2.35. The van der Waals surface area contributed by atoms with Crippen LogP contribution in [0.25, 0.3) is 0 Å². The monoisotopic (exact) mass is 298 g/mol. The van der Waals surface area contributed by atoms with Crippen molar-refractivity contribution in [3.8, 4) is 0 Å². The molecule has 2 aromatic rings. The summed E-state index contributed by atoms with van der Waals surface area (Å²) in [5.74, 6) is 0.646. The van der Waals surface area contributed by atoms with Gasteiger partial charge < -0.3 is 15.4 Å². The minimum absolute atomic E-state index is 0.0727. The molecule has 114 valence electrons. The van der Waals surface area contributed by atoms with E-state index in [-0.39, 0.29) is 12.0 Å². The molecule has 3 rings (SSSR count). The molecule has 2 heterocycles. The van der Waals surface area contributed by atoms with Gasteiger partial charge in [0.2, 0.25) is 0 Å². The van der Waals surface area contributed by atoms with Gasteiger partial charge in [-0.3, -0.25) is 9.78 Å². The van der Waals surface area contributed by atoms with E-state index in [1.165, 1.54) is 0 Å². The van der Waals surface area contributed by atoms with Crippen LogP contribution in [-0.4, -0.2) is 28.6 Å². The van der Waals surface area contributed by atoms with Crippen molar-refractivity contribution in [3.63, 3.8) is 0 Å². The second-order valence-corrected chi connectivity index (χ2v) is 5.14. The maximum Gasteiger partial charge on any atom is 0.253 e. The highest BCUT2D eigenvalue weighted by atomic mass is 16.5. The third-order valence-corrected chi connectivity index (χ3v) is 3.45. The summed E-state index contributed by atoms with van der Waals surface area (Å²) in [6.07, 6.45) is 6.36. The minimum Gasteiger partial charge on any atom is -0.368 e. The van der Waals surface area contributed by atoms with Gasteiger partial charge in [-0.2, -0.15) is 0 Å². The van der Waals surface area contributed by atoms with Crippen LogP contribution in [0, 0.1) is 0 Å². The fourth-order valence-electron chi connectivity index (χ4n) is 2.35. The Labute approximate surface area is 128 Å². The Balaban J connectivity index is 1.58. The molecule has 1 fully saturated rings. The first-order valence-electron chi connectivity index (χ1n) is 7.32. The number of hydrogen-bond donors (Lipinski definition) is 2. The van der Waals surface area contributed by atoms with Crippen molar-refractivity contribution in [1.29, 1.82) is 0 Å². The highest BCUT2D eigenvalue weighted by Crippen LogP contribution is 2.16. The zero-order valence-electron chi connectivity index (χ0n) is 12.2. The van der Waals surface area contributed by atoms with Crippen LogP contribution in [0.4, 0.5) is 11.5 Å². The van der Waals surface area contributed by atoms with E-state index < -0.39 is 0 Å². The van der Waals surface area contributed by atoms with E-state index in [4.69, 9.17) is 4.74 Å². The Hall–Kier alpha value is -2.47. The van der Waals surface area contributed by atoms with Crippen LogP contribution >= 0.6 is 0 Å². The molecule has 1 atom stereocenters. The second kappa shape index (κ2) is 7.00. The number of aromatic nitrogens is 2. The van der Waals surface area contributed by atoms with E-state index in [0.717, 1.165) is 29.9 Å². The van der Waals surface area contributed by atoms with Gasteiger partial charge in [0, 0.05) is 31.2 Å².